The quantitative estimate of drug-likeness (QED) is 0.584. The van der Waals surface area contributed by atoms with E-state index in [1.54, 1.807) is 0 Å². The second-order valence-electron chi connectivity index (χ2n) is 3.13. The average molecular weight is 275 g/mol. The number of carbonyl (C=O) groups is 1. The molecule has 0 radical (unpaired) electrons. The smallest absolute Gasteiger partial charge is 0.343 e. The van der Waals surface area contributed by atoms with Crippen molar-refractivity contribution >= 4 is 16.0 Å². The summed E-state index contributed by atoms with van der Waals surface area (Å²) in [5.74, 6) is -0.162. The Labute approximate surface area is 105 Å². The molecular weight excluding hydrogens is 262 g/mol. The predicted octanol–water partition coefficient (Wildman–Crippen LogP) is 0.0781. The molecule has 1 aromatic rings. The minimum atomic E-state index is -3.68. The summed E-state index contributed by atoms with van der Waals surface area (Å²) < 4.78 is 32.5. The number of carbonyl (C=O) groups excluding carboxylic acids is 1. The van der Waals surface area contributed by atoms with E-state index in [0.29, 0.717) is 5.75 Å². The molecule has 0 fully saturated rings. The predicted molar refractivity (Wildman–Crippen MR) is 61.3 cm³/mol. The number of methoxy groups -OCH3 is 1. The van der Waals surface area contributed by atoms with Crippen LogP contribution in [0.4, 0.5) is 0 Å². The highest BCUT2D eigenvalue weighted by molar-refractivity contribution is 7.89. The zero-order valence-electron chi connectivity index (χ0n) is 9.87. The molecule has 0 unspecified atom stereocenters. The first kappa shape index (κ1) is 14.4. The minimum absolute atomic E-state index is 0.0229. The van der Waals surface area contributed by atoms with Gasteiger partial charge >= 0.3 is 5.97 Å². The van der Waals surface area contributed by atoms with Crippen molar-refractivity contribution in [2.75, 3.05) is 20.8 Å². The van der Waals surface area contributed by atoms with E-state index in [1.807, 2.05) is 4.89 Å². The Kier molecular flexibility index (Phi) is 5.08. The van der Waals surface area contributed by atoms with Gasteiger partial charge in [-0.05, 0) is 24.3 Å². The number of rotatable bonds is 6. The third kappa shape index (κ3) is 3.99. The van der Waals surface area contributed by atoms with E-state index in [4.69, 9.17) is 4.74 Å². The van der Waals surface area contributed by atoms with Gasteiger partial charge in [-0.15, -0.1) is 0 Å². The van der Waals surface area contributed by atoms with Crippen LogP contribution < -0.4 is 9.62 Å². The minimum Gasteiger partial charge on any atom is -0.482 e. The van der Waals surface area contributed by atoms with E-state index in [-0.39, 0.29) is 11.5 Å². The highest BCUT2D eigenvalue weighted by atomic mass is 32.2. The highest BCUT2D eigenvalue weighted by Crippen LogP contribution is 2.15. The van der Waals surface area contributed by atoms with Crippen molar-refractivity contribution in [3.8, 4) is 5.75 Å². The molecule has 0 atom stereocenters. The number of benzene rings is 1. The van der Waals surface area contributed by atoms with Crippen molar-refractivity contribution in [1.82, 2.24) is 4.89 Å². The van der Waals surface area contributed by atoms with E-state index in [1.165, 1.54) is 38.5 Å². The monoisotopic (exact) mass is 275 g/mol. The van der Waals surface area contributed by atoms with Gasteiger partial charge in [0.05, 0.1) is 19.1 Å². The normalized spacial score (nSPS) is 11.0. The van der Waals surface area contributed by atoms with Crippen LogP contribution in [-0.2, 0) is 24.4 Å². The third-order valence-electron chi connectivity index (χ3n) is 1.91. The van der Waals surface area contributed by atoms with Crippen molar-refractivity contribution in [2.24, 2.45) is 0 Å². The van der Waals surface area contributed by atoms with Crippen molar-refractivity contribution < 1.29 is 27.5 Å². The Morgan fingerprint density at radius 1 is 1.22 bits per heavy atom. The first-order chi connectivity index (χ1) is 8.49. The van der Waals surface area contributed by atoms with Gasteiger partial charge in [0.25, 0.3) is 10.0 Å². The lowest BCUT2D eigenvalue weighted by molar-refractivity contribution is -0.142. The van der Waals surface area contributed by atoms with Gasteiger partial charge < -0.3 is 9.47 Å². The molecule has 100 valence electrons. The topological polar surface area (TPSA) is 90.9 Å². The van der Waals surface area contributed by atoms with Crippen LogP contribution in [0.2, 0.25) is 0 Å². The Balaban J connectivity index is 2.71. The summed E-state index contributed by atoms with van der Waals surface area (Å²) in [5.41, 5.74) is 0. The number of hydrogen-bond donors (Lipinski definition) is 1. The van der Waals surface area contributed by atoms with Crippen LogP contribution in [-0.4, -0.2) is 35.2 Å². The van der Waals surface area contributed by atoms with Crippen molar-refractivity contribution in [3.05, 3.63) is 24.3 Å². The maximum atomic E-state index is 11.5. The van der Waals surface area contributed by atoms with E-state index in [9.17, 15) is 13.2 Å². The van der Waals surface area contributed by atoms with Gasteiger partial charge in [0.2, 0.25) is 0 Å². The number of hydrogen-bond acceptors (Lipinski definition) is 6. The maximum absolute atomic E-state index is 11.5. The Morgan fingerprint density at radius 3 is 2.33 bits per heavy atom. The molecule has 1 aromatic carbocycles. The molecule has 0 amide bonds. The molecule has 18 heavy (non-hydrogen) atoms. The molecule has 0 aliphatic carbocycles. The highest BCUT2D eigenvalue weighted by Gasteiger charge is 2.13. The number of nitrogens with one attached hydrogen (secondary N) is 1. The largest absolute Gasteiger partial charge is 0.482 e. The van der Waals surface area contributed by atoms with E-state index >= 15 is 0 Å². The van der Waals surface area contributed by atoms with E-state index in [2.05, 4.69) is 9.57 Å². The molecule has 0 saturated carbocycles. The second kappa shape index (κ2) is 6.34. The van der Waals surface area contributed by atoms with Gasteiger partial charge in [-0.2, -0.15) is 0 Å². The van der Waals surface area contributed by atoms with Crippen molar-refractivity contribution in [2.45, 2.75) is 4.90 Å². The number of sulfonamides is 1. The van der Waals surface area contributed by atoms with Crippen LogP contribution in [0.3, 0.4) is 0 Å². The van der Waals surface area contributed by atoms with Crippen LogP contribution in [0, 0.1) is 0 Å². The SMILES string of the molecule is CONS(=O)(=O)c1ccc(OCC(=O)OC)cc1. The first-order valence-corrected chi connectivity index (χ1v) is 6.32. The van der Waals surface area contributed by atoms with Crippen LogP contribution in [0.1, 0.15) is 0 Å². The van der Waals surface area contributed by atoms with Gasteiger partial charge in [0.1, 0.15) is 5.75 Å². The van der Waals surface area contributed by atoms with Crippen LogP contribution in [0.5, 0.6) is 5.75 Å². The van der Waals surface area contributed by atoms with Gasteiger partial charge in [-0.3, -0.25) is 4.84 Å². The maximum Gasteiger partial charge on any atom is 0.343 e. The average Bonchev–Trinajstić information content (AvgIpc) is 2.36. The van der Waals surface area contributed by atoms with E-state index < -0.39 is 16.0 Å². The van der Waals surface area contributed by atoms with Crippen LogP contribution in [0.15, 0.2) is 29.2 Å². The molecule has 0 aliphatic rings. The molecule has 1 N–H and O–H groups in total. The zero-order valence-corrected chi connectivity index (χ0v) is 10.7. The van der Waals surface area contributed by atoms with Crippen LogP contribution in [0.25, 0.3) is 0 Å². The molecule has 0 spiro atoms. The summed E-state index contributed by atoms with van der Waals surface area (Å²) in [6.07, 6.45) is 0. The standard InChI is InChI=1S/C10H13NO6S/c1-15-10(12)7-17-8-3-5-9(6-4-8)18(13,14)11-16-2/h3-6,11H,7H2,1-2H3. The number of esters is 1. The van der Waals surface area contributed by atoms with Crippen LogP contribution >= 0.6 is 0 Å². The molecule has 0 aliphatic heterocycles. The Morgan fingerprint density at radius 2 is 1.83 bits per heavy atom. The fraction of sp³-hybridized carbons (Fsp3) is 0.300. The molecule has 0 bridgehead atoms. The van der Waals surface area contributed by atoms with E-state index in [0.717, 1.165) is 0 Å². The lowest BCUT2D eigenvalue weighted by Gasteiger charge is -2.07. The molecular formula is C10H13NO6S. The summed E-state index contributed by atoms with van der Waals surface area (Å²) in [6, 6.07) is 5.50. The lowest BCUT2D eigenvalue weighted by Crippen LogP contribution is -2.22. The second-order valence-corrected chi connectivity index (χ2v) is 4.77. The molecule has 0 aromatic heterocycles. The van der Waals surface area contributed by atoms with Crippen molar-refractivity contribution in [1.29, 1.82) is 0 Å². The van der Waals surface area contributed by atoms with Gasteiger partial charge in [-0.1, -0.05) is 4.89 Å². The van der Waals surface area contributed by atoms with Crippen molar-refractivity contribution in [3.63, 3.8) is 0 Å². The summed E-state index contributed by atoms with van der Waals surface area (Å²) in [4.78, 5) is 17.1. The molecule has 0 heterocycles. The third-order valence-corrected chi connectivity index (χ3v) is 3.19. The molecule has 0 saturated heterocycles. The zero-order chi connectivity index (χ0) is 13.6. The molecule has 7 nitrogen and oxygen atoms in total. The first-order valence-electron chi connectivity index (χ1n) is 4.84. The van der Waals surface area contributed by atoms with Gasteiger partial charge in [0, 0.05) is 0 Å². The summed E-state index contributed by atoms with van der Waals surface area (Å²) in [7, 11) is -1.23. The molecule has 1 rings (SSSR count). The fourth-order valence-electron chi connectivity index (χ4n) is 1.07. The summed E-state index contributed by atoms with van der Waals surface area (Å²) in [6.45, 7) is -0.237. The lowest BCUT2D eigenvalue weighted by atomic mass is 10.3. The molecule has 8 heteroatoms. The summed E-state index contributed by atoms with van der Waals surface area (Å²) in [5, 5.41) is 0. The Bertz CT molecular complexity index is 496. The van der Waals surface area contributed by atoms with Gasteiger partial charge in [0.15, 0.2) is 6.61 Å². The Hall–Kier alpha value is -1.64. The number of ether oxygens (including phenoxy) is 2. The summed E-state index contributed by atoms with van der Waals surface area (Å²) >= 11 is 0. The fourth-order valence-corrected chi connectivity index (χ4v) is 1.88. The van der Waals surface area contributed by atoms with Gasteiger partial charge in [-0.25, -0.2) is 13.2 Å².